The Hall–Kier alpha value is -3.30. The lowest BCUT2D eigenvalue weighted by Gasteiger charge is -2.26. The predicted molar refractivity (Wildman–Crippen MR) is 96.7 cm³/mol. The molecule has 5 heterocycles. The first-order valence-corrected chi connectivity index (χ1v) is 9.17. The molecule has 10 heteroatoms. The number of nitrogens with zero attached hydrogens (tertiary/aromatic N) is 6. The summed E-state index contributed by atoms with van der Waals surface area (Å²) in [4.78, 5) is 27.8. The molecule has 28 heavy (non-hydrogen) atoms. The van der Waals surface area contributed by atoms with Gasteiger partial charge in [-0.25, -0.2) is 18.9 Å². The lowest BCUT2D eigenvalue weighted by Crippen LogP contribution is -2.34. The Balaban J connectivity index is 1.69. The van der Waals surface area contributed by atoms with E-state index in [2.05, 4.69) is 25.4 Å². The largest absolute Gasteiger partial charge is 0.473 e. The van der Waals surface area contributed by atoms with E-state index in [9.17, 15) is 9.18 Å². The number of fused-ring (bicyclic) bond motifs is 5. The predicted octanol–water partition coefficient (Wildman–Crippen LogP) is 1.51. The molecule has 1 amide bonds. The number of aromatic nitrogens is 5. The van der Waals surface area contributed by atoms with Crippen molar-refractivity contribution in [2.75, 3.05) is 18.0 Å². The minimum absolute atomic E-state index is 0.163. The van der Waals surface area contributed by atoms with Gasteiger partial charge in [0.1, 0.15) is 23.8 Å². The van der Waals surface area contributed by atoms with Crippen molar-refractivity contribution >= 4 is 17.5 Å². The van der Waals surface area contributed by atoms with Gasteiger partial charge in [0, 0.05) is 12.1 Å². The Morgan fingerprint density at radius 2 is 2.21 bits per heavy atom. The van der Waals surface area contributed by atoms with Gasteiger partial charge in [0.15, 0.2) is 5.65 Å². The molecule has 3 aromatic rings. The van der Waals surface area contributed by atoms with Gasteiger partial charge in [-0.2, -0.15) is 10.1 Å². The maximum Gasteiger partial charge on any atom is 0.256 e. The SMILES string of the molecule is C[C@H]1CNC(=O)c2cnn3cnc(nc23)N2CCC[C@@H]2c2cc(F)cnc2O1. The molecule has 0 saturated carbocycles. The van der Waals surface area contributed by atoms with Crippen molar-refractivity contribution in [2.24, 2.45) is 0 Å². The van der Waals surface area contributed by atoms with Crippen molar-refractivity contribution in [1.29, 1.82) is 0 Å². The molecular formula is C18H18FN7O2. The molecular weight excluding hydrogens is 365 g/mol. The third-order valence-electron chi connectivity index (χ3n) is 5.08. The molecule has 2 aliphatic rings. The van der Waals surface area contributed by atoms with Crippen LogP contribution in [0.25, 0.3) is 5.65 Å². The van der Waals surface area contributed by atoms with Crippen LogP contribution in [0.1, 0.15) is 41.7 Å². The number of hydrogen-bond acceptors (Lipinski definition) is 7. The van der Waals surface area contributed by atoms with Crippen molar-refractivity contribution in [3.63, 3.8) is 0 Å². The van der Waals surface area contributed by atoms with Crippen LogP contribution in [0.5, 0.6) is 5.88 Å². The first-order valence-electron chi connectivity index (χ1n) is 9.17. The molecule has 144 valence electrons. The van der Waals surface area contributed by atoms with E-state index < -0.39 is 5.82 Å². The van der Waals surface area contributed by atoms with E-state index in [1.54, 1.807) is 0 Å². The van der Waals surface area contributed by atoms with Gasteiger partial charge in [-0.05, 0) is 25.8 Å². The lowest BCUT2D eigenvalue weighted by molar-refractivity contribution is 0.0932. The van der Waals surface area contributed by atoms with Crippen molar-refractivity contribution in [3.05, 3.63) is 41.7 Å². The summed E-state index contributed by atoms with van der Waals surface area (Å²) in [7, 11) is 0. The number of ether oxygens (including phenoxy) is 1. The summed E-state index contributed by atoms with van der Waals surface area (Å²) in [6.07, 6.45) is 5.50. The zero-order valence-electron chi connectivity index (χ0n) is 15.2. The summed E-state index contributed by atoms with van der Waals surface area (Å²) in [6.45, 7) is 2.80. The zero-order valence-corrected chi connectivity index (χ0v) is 15.2. The van der Waals surface area contributed by atoms with Crippen molar-refractivity contribution in [1.82, 2.24) is 29.9 Å². The van der Waals surface area contributed by atoms with Gasteiger partial charge in [0.25, 0.3) is 5.91 Å². The van der Waals surface area contributed by atoms with E-state index in [4.69, 9.17) is 4.74 Å². The molecule has 3 aromatic heterocycles. The summed E-state index contributed by atoms with van der Waals surface area (Å²) in [5, 5.41) is 6.98. The van der Waals surface area contributed by atoms with Crippen LogP contribution in [0.2, 0.25) is 0 Å². The van der Waals surface area contributed by atoms with E-state index in [1.807, 2.05) is 11.8 Å². The van der Waals surface area contributed by atoms with Crippen LogP contribution >= 0.6 is 0 Å². The standard InChI is InChI=1S/C18H18FN7O2/c1-10-6-20-16(27)13-8-23-26-9-22-18(24-15(13)26)25-4-2-3-14(25)12-5-11(19)7-21-17(12)28-10/h5,7-10,14H,2-4,6H2,1H3,(H,20,27)/t10-,14+/m0/s1. The second kappa shape index (κ2) is 6.39. The Kier molecular flexibility index (Phi) is 3.85. The number of halogens is 1. The van der Waals surface area contributed by atoms with E-state index in [1.165, 1.54) is 23.1 Å². The molecule has 1 N–H and O–H groups in total. The lowest BCUT2D eigenvalue weighted by atomic mass is 10.1. The van der Waals surface area contributed by atoms with Crippen molar-refractivity contribution in [3.8, 4) is 5.88 Å². The van der Waals surface area contributed by atoms with Gasteiger partial charge in [0.2, 0.25) is 11.8 Å². The van der Waals surface area contributed by atoms with Crippen molar-refractivity contribution < 1.29 is 13.9 Å². The molecule has 0 spiro atoms. The van der Waals surface area contributed by atoms with Gasteiger partial charge < -0.3 is 15.0 Å². The number of carbonyl (C=O) groups excluding carboxylic acids is 1. The van der Waals surface area contributed by atoms with Crippen molar-refractivity contribution in [2.45, 2.75) is 31.9 Å². The van der Waals surface area contributed by atoms with Gasteiger partial charge in [-0.1, -0.05) is 0 Å². The second-order valence-corrected chi connectivity index (χ2v) is 7.02. The van der Waals surface area contributed by atoms with Crippen LogP contribution in [0.15, 0.2) is 24.8 Å². The number of anilines is 1. The number of rotatable bonds is 0. The molecule has 2 bridgehead atoms. The first kappa shape index (κ1) is 16.8. The Morgan fingerprint density at radius 1 is 1.32 bits per heavy atom. The smallest absolute Gasteiger partial charge is 0.256 e. The molecule has 9 nitrogen and oxygen atoms in total. The van der Waals surface area contributed by atoms with Gasteiger partial charge in [-0.15, -0.1) is 0 Å². The Bertz CT molecular complexity index is 1070. The molecule has 0 radical (unpaired) electrons. The van der Waals surface area contributed by atoms with Crippen LogP contribution in [0.3, 0.4) is 0 Å². The highest BCUT2D eigenvalue weighted by molar-refractivity contribution is 5.99. The fourth-order valence-electron chi connectivity index (χ4n) is 3.75. The van der Waals surface area contributed by atoms with E-state index >= 15 is 0 Å². The third-order valence-corrected chi connectivity index (χ3v) is 5.08. The topological polar surface area (TPSA) is 97.5 Å². The molecule has 0 unspecified atom stereocenters. The quantitative estimate of drug-likeness (QED) is 0.628. The summed E-state index contributed by atoms with van der Waals surface area (Å²) < 4.78 is 21.4. The number of hydrogen-bond donors (Lipinski definition) is 1. The summed E-state index contributed by atoms with van der Waals surface area (Å²) in [6, 6.07) is 1.29. The van der Waals surface area contributed by atoms with Crippen LogP contribution in [-0.4, -0.2) is 49.7 Å². The summed E-state index contributed by atoms with van der Waals surface area (Å²) >= 11 is 0. The fraction of sp³-hybridized carbons (Fsp3) is 0.389. The molecule has 5 rings (SSSR count). The number of nitrogens with one attached hydrogen (secondary N) is 1. The Morgan fingerprint density at radius 3 is 3.11 bits per heavy atom. The maximum atomic E-state index is 14.0. The summed E-state index contributed by atoms with van der Waals surface area (Å²) in [5.74, 6) is 0.115. The highest BCUT2D eigenvalue weighted by Gasteiger charge is 2.32. The van der Waals surface area contributed by atoms with Crippen LogP contribution in [0.4, 0.5) is 10.3 Å². The molecule has 0 aromatic carbocycles. The normalized spacial score (nSPS) is 21.9. The second-order valence-electron chi connectivity index (χ2n) is 7.02. The highest BCUT2D eigenvalue weighted by Crippen LogP contribution is 2.38. The number of amides is 1. The fourth-order valence-corrected chi connectivity index (χ4v) is 3.75. The minimum Gasteiger partial charge on any atom is -0.473 e. The number of pyridine rings is 1. The molecule has 2 aliphatic heterocycles. The van der Waals surface area contributed by atoms with Gasteiger partial charge in [-0.3, -0.25) is 4.79 Å². The van der Waals surface area contributed by atoms with Crippen LogP contribution < -0.4 is 15.0 Å². The van der Waals surface area contributed by atoms with Crippen LogP contribution in [0, 0.1) is 5.82 Å². The first-order chi connectivity index (χ1) is 13.6. The highest BCUT2D eigenvalue weighted by atomic mass is 19.1. The average molecular weight is 383 g/mol. The van der Waals surface area contributed by atoms with Gasteiger partial charge >= 0.3 is 0 Å². The number of carbonyl (C=O) groups is 1. The van der Waals surface area contributed by atoms with E-state index in [-0.39, 0.29) is 24.6 Å². The monoisotopic (exact) mass is 383 g/mol. The van der Waals surface area contributed by atoms with E-state index in [0.717, 1.165) is 19.0 Å². The Labute approximate surface area is 159 Å². The van der Waals surface area contributed by atoms with Crippen LogP contribution in [-0.2, 0) is 0 Å². The molecule has 0 aliphatic carbocycles. The summed E-state index contributed by atoms with van der Waals surface area (Å²) in [5.41, 5.74) is 1.46. The van der Waals surface area contributed by atoms with Gasteiger partial charge in [0.05, 0.1) is 25.0 Å². The third kappa shape index (κ3) is 2.72. The van der Waals surface area contributed by atoms with E-state index in [0.29, 0.717) is 35.1 Å². The molecule has 1 saturated heterocycles. The minimum atomic E-state index is -0.422. The maximum absolute atomic E-state index is 14.0. The molecule has 2 atom stereocenters. The molecule has 1 fully saturated rings. The zero-order chi connectivity index (χ0) is 19.3. The average Bonchev–Trinajstić information content (AvgIpc) is 3.33.